The third-order valence-electron chi connectivity index (χ3n) is 7.86. The van der Waals surface area contributed by atoms with E-state index in [0.29, 0.717) is 29.1 Å². The number of aryl methyl sites for hydroxylation is 1. The fourth-order valence-electron chi connectivity index (χ4n) is 5.83. The van der Waals surface area contributed by atoms with Gasteiger partial charge in [-0.2, -0.15) is 0 Å². The van der Waals surface area contributed by atoms with Gasteiger partial charge in [0.15, 0.2) is 5.11 Å². The van der Waals surface area contributed by atoms with E-state index in [1.54, 1.807) is 7.11 Å². The molecule has 42 heavy (non-hydrogen) atoms. The number of pyridine rings is 1. The van der Waals surface area contributed by atoms with Gasteiger partial charge in [-0.15, -0.1) is 0 Å². The van der Waals surface area contributed by atoms with E-state index in [2.05, 4.69) is 77.7 Å². The van der Waals surface area contributed by atoms with E-state index in [-0.39, 0.29) is 12.1 Å². The van der Waals surface area contributed by atoms with E-state index < -0.39 is 0 Å². The summed E-state index contributed by atoms with van der Waals surface area (Å²) >= 11 is 12.7. The monoisotopic (exact) mass is 603 g/mol. The molecule has 2 aromatic carbocycles. The van der Waals surface area contributed by atoms with Crippen LogP contribution in [0, 0.1) is 13.8 Å². The summed E-state index contributed by atoms with van der Waals surface area (Å²) < 4.78 is 13.2. The Bertz CT molecular complexity index is 1520. The fourth-order valence-corrected chi connectivity index (χ4v) is 6.40. The zero-order valence-corrected chi connectivity index (χ0v) is 26.4. The molecule has 1 saturated heterocycles. The molecule has 1 N–H and O–H groups in total. The first-order chi connectivity index (χ1) is 20.4. The molecular formula is C33H38ClN5O2S. The maximum Gasteiger partial charge on any atom is 0.174 e. The minimum atomic E-state index is -0.158. The van der Waals surface area contributed by atoms with Gasteiger partial charge >= 0.3 is 0 Å². The van der Waals surface area contributed by atoms with Crippen LogP contribution in [-0.4, -0.2) is 48.1 Å². The molecule has 9 heteroatoms. The Hall–Kier alpha value is -3.59. The van der Waals surface area contributed by atoms with Gasteiger partial charge in [-0.05, 0) is 106 Å². The molecule has 220 valence electrons. The van der Waals surface area contributed by atoms with E-state index >= 15 is 0 Å². The van der Waals surface area contributed by atoms with Crippen molar-refractivity contribution in [3.05, 3.63) is 101 Å². The van der Waals surface area contributed by atoms with Crippen molar-refractivity contribution in [2.45, 2.75) is 39.8 Å². The zero-order chi connectivity index (χ0) is 29.8. The molecule has 2 aromatic heterocycles. The minimum absolute atomic E-state index is 0.154. The summed E-state index contributed by atoms with van der Waals surface area (Å²) in [6, 6.07) is 22.5. The number of hydrogen-bond acceptors (Lipinski definition) is 5. The first-order valence-corrected chi connectivity index (χ1v) is 15.1. The molecule has 0 spiro atoms. The molecule has 7 nitrogen and oxygen atoms in total. The second-order valence-corrected chi connectivity index (χ2v) is 11.1. The smallest absolute Gasteiger partial charge is 0.174 e. The summed E-state index contributed by atoms with van der Waals surface area (Å²) in [6.07, 6.45) is 1.82. The van der Waals surface area contributed by atoms with Crippen molar-refractivity contribution < 1.29 is 9.47 Å². The average Bonchev–Trinajstić information content (AvgIpc) is 3.50. The molecule has 0 saturated carbocycles. The van der Waals surface area contributed by atoms with Crippen molar-refractivity contribution in [3.63, 3.8) is 0 Å². The van der Waals surface area contributed by atoms with Gasteiger partial charge in [-0.1, -0.05) is 17.7 Å². The second-order valence-electron chi connectivity index (χ2n) is 10.3. The van der Waals surface area contributed by atoms with E-state index in [4.69, 9.17) is 38.3 Å². The van der Waals surface area contributed by atoms with Crippen LogP contribution >= 0.6 is 23.8 Å². The van der Waals surface area contributed by atoms with Crippen LogP contribution in [0.3, 0.4) is 0 Å². The van der Waals surface area contributed by atoms with Crippen LogP contribution in [0.5, 0.6) is 5.75 Å². The normalized spacial score (nSPS) is 16.5. The van der Waals surface area contributed by atoms with Crippen molar-refractivity contribution in [1.29, 1.82) is 0 Å². The summed E-state index contributed by atoms with van der Waals surface area (Å²) in [7, 11) is 1.64. The van der Waals surface area contributed by atoms with Gasteiger partial charge < -0.3 is 29.2 Å². The molecule has 1 aliphatic rings. The number of rotatable bonds is 11. The number of halogens is 1. The highest BCUT2D eigenvalue weighted by Gasteiger charge is 2.42. The average molecular weight is 604 g/mol. The summed E-state index contributed by atoms with van der Waals surface area (Å²) in [6.45, 7) is 11.6. The van der Waals surface area contributed by atoms with Gasteiger partial charge in [-0.3, -0.25) is 4.98 Å². The topological polar surface area (TPSA) is 54.8 Å². The molecule has 0 aliphatic carbocycles. The molecule has 3 heterocycles. The predicted molar refractivity (Wildman–Crippen MR) is 176 cm³/mol. The highest BCUT2D eigenvalue weighted by Crippen LogP contribution is 2.45. The maximum absolute atomic E-state index is 6.70. The number of thiocarbonyl (C=S) groups is 1. The number of hydrogen-bond donors (Lipinski definition) is 1. The number of ether oxygens (including phenoxy) is 2. The Morgan fingerprint density at radius 1 is 0.976 bits per heavy atom. The summed E-state index contributed by atoms with van der Waals surface area (Å²) in [4.78, 5) is 9.21. The number of methoxy groups -OCH3 is 1. The van der Waals surface area contributed by atoms with Crippen molar-refractivity contribution in [2.24, 2.45) is 0 Å². The van der Waals surface area contributed by atoms with Crippen LogP contribution in [0.25, 0.3) is 5.69 Å². The Morgan fingerprint density at radius 3 is 2.36 bits per heavy atom. The van der Waals surface area contributed by atoms with Crippen LogP contribution in [0.15, 0.2) is 72.9 Å². The van der Waals surface area contributed by atoms with Crippen LogP contribution in [0.1, 0.15) is 48.6 Å². The highest BCUT2D eigenvalue weighted by atomic mass is 35.5. The quantitative estimate of drug-likeness (QED) is 0.144. The largest absolute Gasteiger partial charge is 0.490 e. The molecule has 0 bridgehead atoms. The minimum Gasteiger partial charge on any atom is -0.490 e. The molecule has 0 unspecified atom stereocenters. The van der Waals surface area contributed by atoms with Crippen LogP contribution in [-0.2, 0) is 4.74 Å². The Kier molecular flexibility index (Phi) is 9.36. The number of nitrogens with one attached hydrogen (secondary N) is 1. The maximum atomic E-state index is 6.70. The van der Waals surface area contributed by atoms with Crippen molar-refractivity contribution in [1.82, 2.24) is 14.9 Å². The Labute approximate surface area is 259 Å². The van der Waals surface area contributed by atoms with Crippen LogP contribution < -0.4 is 19.9 Å². The van der Waals surface area contributed by atoms with Crippen LogP contribution in [0.2, 0.25) is 5.02 Å². The van der Waals surface area contributed by atoms with Gasteiger partial charge in [0.25, 0.3) is 0 Å². The number of anilines is 2. The SMILES string of the molecule is CCN(CC)c1ccc(-n2c(C)cc([C@H]3[C@H](c4ccccn4)NC(=S)N3c3ccc(OCCOC)c(Cl)c3)c2C)cc1. The molecule has 4 aromatic rings. The molecule has 1 fully saturated rings. The predicted octanol–water partition coefficient (Wildman–Crippen LogP) is 7.19. The van der Waals surface area contributed by atoms with Gasteiger partial charge in [0.1, 0.15) is 12.4 Å². The fraction of sp³-hybridized carbons (Fsp3) is 0.333. The lowest BCUT2D eigenvalue weighted by atomic mass is 9.96. The summed E-state index contributed by atoms with van der Waals surface area (Å²) in [5, 5.41) is 4.70. The van der Waals surface area contributed by atoms with Gasteiger partial charge in [0.2, 0.25) is 0 Å². The highest BCUT2D eigenvalue weighted by molar-refractivity contribution is 7.80. The molecule has 5 rings (SSSR count). The number of benzene rings is 2. The van der Waals surface area contributed by atoms with E-state index in [0.717, 1.165) is 41.5 Å². The molecular weight excluding hydrogens is 566 g/mol. The second kappa shape index (κ2) is 13.2. The number of aromatic nitrogens is 2. The summed E-state index contributed by atoms with van der Waals surface area (Å²) in [5.41, 5.74) is 7.62. The standard InChI is InChI=1S/C33H38ClN5O2S/c1-6-37(7-2)24-11-13-25(14-12-24)38-22(3)20-27(23(38)4)32-31(29-10-8-9-17-35-29)36-33(42)39(32)26-15-16-30(28(34)21-26)41-19-18-40-5/h8-17,20-21,31-32H,6-7,18-19H2,1-5H3,(H,36,42)/t31-,32-/m0/s1. The summed E-state index contributed by atoms with van der Waals surface area (Å²) in [5.74, 6) is 0.611. The Morgan fingerprint density at radius 2 is 1.71 bits per heavy atom. The van der Waals surface area contributed by atoms with Crippen LogP contribution in [0.4, 0.5) is 11.4 Å². The lowest BCUT2D eigenvalue weighted by Crippen LogP contribution is -2.29. The zero-order valence-electron chi connectivity index (χ0n) is 24.8. The van der Waals surface area contributed by atoms with Gasteiger partial charge in [-0.25, -0.2) is 0 Å². The first-order valence-electron chi connectivity index (χ1n) is 14.3. The lowest BCUT2D eigenvalue weighted by Gasteiger charge is -2.28. The van der Waals surface area contributed by atoms with Gasteiger partial charge in [0, 0.05) is 54.8 Å². The lowest BCUT2D eigenvalue weighted by molar-refractivity contribution is 0.146. The van der Waals surface area contributed by atoms with Gasteiger partial charge in [0.05, 0.1) is 29.4 Å². The third-order valence-corrected chi connectivity index (χ3v) is 8.47. The van der Waals surface area contributed by atoms with Crippen molar-refractivity contribution in [3.8, 4) is 11.4 Å². The Balaban J connectivity index is 1.57. The first kappa shape index (κ1) is 29.9. The molecule has 0 radical (unpaired) electrons. The van der Waals surface area contributed by atoms with E-state index in [1.165, 1.54) is 11.3 Å². The molecule has 1 aliphatic heterocycles. The van der Waals surface area contributed by atoms with E-state index in [9.17, 15) is 0 Å². The number of nitrogens with zero attached hydrogens (tertiary/aromatic N) is 4. The van der Waals surface area contributed by atoms with Crippen molar-refractivity contribution in [2.75, 3.05) is 43.2 Å². The third kappa shape index (κ3) is 5.84. The molecule has 2 atom stereocenters. The van der Waals surface area contributed by atoms with Crippen molar-refractivity contribution >= 4 is 40.3 Å². The molecule has 0 amide bonds. The van der Waals surface area contributed by atoms with E-state index in [1.807, 2.05) is 42.6 Å².